The Labute approximate surface area is 383 Å². The quantitative estimate of drug-likeness (QED) is 0.0731. The van der Waals surface area contributed by atoms with E-state index in [0.717, 1.165) is 65.7 Å². The van der Waals surface area contributed by atoms with Crippen molar-refractivity contribution in [2.45, 2.75) is 101 Å². The van der Waals surface area contributed by atoms with Gasteiger partial charge >= 0.3 is 18.3 Å². The van der Waals surface area contributed by atoms with Crippen LogP contribution in [0.1, 0.15) is 106 Å². The minimum Gasteiger partial charge on any atom is -0.465 e. The molecule has 5 N–H and O–H groups in total. The highest BCUT2D eigenvalue weighted by Gasteiger charge is 2.46. The molecule has 2 aliphatic heterocycles. The van der Waals surface area contributed by atoms with Crippen molar-refractivity contribution < 1.29 is 48.5 Å². The molecule has 1 aliphatic carbocycles. The predicted molar refractivity (Wildman–Crippen MR) is 246 cm³/mol. The van der Waals surface area contributed by atoms with Crippen LogP contribution in [0.4, 0.5) is 25.8 Å². The van der Waals surface area contributed by atoms with E-state index in [0.29, 0.717) is 35.3 Å². The zero-order valence-corrected chi connectivity index (χ0v) is 37.3. The molecule has 346 valence electrons. The molecule has 4 aromatic rings. The number of likely N-dealkylation sites (tertiary alicyclic amines) is 2. The van der Waals surface area contributed by atoms with Crippen molar-refractivity contribution in [2.24, 2.45) is 0 Å². The van der Waals surface area contributed by atoms with Crippen molar-refractivity contribution in [3.05, 3.63) is 119 Å². The molecule has 7 rings (SSSR count). The maximum absolute atomic E-state index is 14.4. The van der Waals surface area contributed by atoms with Gasteiger partial charge in [-0.3, -0.25) is 24.1 Å². The Balaban J connectivity index is 1.22. The summed E-state index contributed by atoms with van der Waals surface area (Å²) in [6.07, 6.45) is 1.24. The van der Waals surface area contributed by atoms with Gasteiger partial charge in [-0.2, -0.15) is 0 Å². The Morgan fingerprint density at radius 3 is 1.92 bits per heavy atom. The number of fused-ring (bicyclic) bond motifs is 3. The molecule has 6 amide bonds. The van der Waals surface area contributed by atoms with Crippen LogP contribution in [0, 0.1) is 0 Å². The van der Waals surface area contributed by atoms with Crippen LogP contribution >= 0.6 is 0 Å². The van der Waals surface area contributed by atoms with Crippen LogP contribution in [0.15, 0.2) is 97.1 Å². The summed E-state index contributed by atoms with van der Waals surface area (Å²) in [6, 6.07) is 24.6. The van der Waals surface area contributed by atoms with Crippen LogP contribution in [0.2, 0.25) is 0 Å². The number of methoxy groups -OCH3 is 1. The molecule has 4 aromatic carbocycles. The number of unbranched alkanes of at least 4 members (excludes halogenated alkanes) is 2. The van der Waals surface area contributed by atoms with E-state index in [-0.39, 0.29) is 25.3 Å². The van der Waals surface area contributed by atoms with Gasteiger partial charge in [-0.1, -0.05) is 112 Å². The van der Waals surface area contributed by atoms with E-state index in [1.807, 2.05) is 24.3 Å². The van der Waals surface area contributed by atoms with E-state index in [1.165, 1.54) is 16.9 Å². The Morgan fingerprint density at radius 1 is 0.773 bits per heavy atom. The summed E-state index contributed by atoms with van der Waals surface area (Å²) in [5, 5.41) is 28.4. The first-order valence-electron chi connectivity index (χ1n) is 22.5. The van der Waals surface area contributed by atoms with Gasteiger partial charge in [0.25, 0.3) is 11.8 Å². The summed E-state index contributed by atoms with van der Waals surface area (Å²) >= 11 is 0. The number of carbonyl (C=O) groups is 7. The summed E-state index contributed by atoms with van der Waals surface area (Å²) in [6.45, 7) is 4.14. The molecular weight excluding hydrogens is 845 g/mol. The highest BCUT2D eigenvalue weighted by molar-refractivity contribution is 6.05. The van der Waals surface area contributed by atoms with Crippen molar-refractivity contribution in [3.8, 4) is 11.1 Å². The molecular formula is C50H56N6O10. The molecule has 3 unspecified atom stereocenters. The molecule has 2 heterocycles. The molecule has 16 heteroatoms. The molecule has 2 fully saturated rings. The molecule has 16 nitrogen and oxygen atoms in total. The van der Waals surface area contributed by atoms with Crippen molar-refractivity contribution in [2.75, 3.05) is 30.4 Å². The second kappa shape index (κ2) is 20.3. The van der Waals surface area contributed by atoms with Crippen LogP contribution in [-0.2, 0) is 29.3 Å². The number of alkyl carbamates (subject to hydrolysis) is 1. The number of rotatable bonds is 16. The average Bonchev–Trinajstić information content (AvgIpc) is 4.03. The molecule has 0 aromatic heterocycles. The number of Topliss-reactive ketones (excluding diaryl/α,β-unsaturated/α-hetero) is 1. The first kappa shape index (κ1) is 46.8. The molecule has 66 heavy (non-hydrogen) atoms. The molecule has 0 radical (unpaired) electrons. The van der Waals surface area contributed by atoms with Crippen molar-refractivity contribution in [1.82, 2.24) is 20.4 Å². The summed E-state index contributed by atoms with van der Waals surface area (Å²) in [5.74, 6) is -2.11. The highest BCUT2D eigenvalue weighted by atomic mass is 16.5. The van der Waals surface area contributed by atoms with Crippen LogP contribution < -0.4 is 20.9 Å². The fourth-order valence-corrected chi connectivity index (χ4v) is 9.90. The van der Waals surface area contributed by atoms with Gasteiger partial charge in [0.05, 0.1) is 13.7 Å². The largest absolute Gasteiger partial charge is 0.465 e. The number of hydrogen-bond acceptors (Lipinski definition) is 8. The van der Waals surface area contributed by atoms with Crippen LogP contribution in [0.25, 0.3) is 11.1 Å². The van der Waals surface area contributed by atoms with E-state index in [1.54, 1.807) is 72.8 Å². The van der Waals surface area contributed by atoms with Crippen molar-refractivity contribution in [1.29, 1.82) is 0 Å². The molecule has 2 saturated heterocycles. The fraction of sp³-hybridized carbons (Fsp3) is 0.380. The summed E-state index contributed by atoms with van der Waals surface area (Å²) in [5.41, 5.74) is 4.88. The number of nitrogens with zero attached hydrogens (tertiary/aromatic N) is 3. The molecule has 0 spiro atoms. The Kier molecular flexibility index (Phi) is 14.4. The lowest BCUT2D eigenvalue weighted by molar-refractivity contribution is -0.138. The SMILES string of the molecule is CCCCC1(CCCC)c2cc(NC(=O)C3CC(=O)CN3C(=O)[C@H](NC(=O)O)c3ccccc3)ccc2-c2ccc(N(C(=O)O)C3CCCN3C(=O)C(NC(=O)OC)c3ccccc3)cc21. The van der Waals surface area contributed by atoms with Crippen molar-refractivity contribution >= 4 is 53.2 Å². The molecule has 0 saturated carbocycles. The lowest BCUT2D eigenvalue weighted by atomic mass is 9.70. The fourth-order valence-electron chi connectivity index (χ4n) is 9.90. The lowest BCUT2D eigenvalue weighted by Crippen LogP contribution is -2.53. The minimum absolute atomic E-state index is 0.235. The number of hydrogen-bond donors (Lipinski definition) is 5. The molecule has 3 aliphatic rings. The summed E-state index contributed by atoms with van der Waals surface area (Å²) < 4.78 is 4.85. The maximum atomic E-state index is 14.4. The molecule has 4 atom stereocenters. The first-order valence-corrected chi connectivity index (χ1v) is 22.5. The highest BCUT2D eigenvalue weighted by Crippen LogP contribution is 2.55. The number of benzene rings is 4. The van der Waals surface area contributed by atoms with Gasteiger partial charge in [0.15, 0.2) is 5.78 Å². The number of nitrogens with one attached hydrogen (secondary N) is 3. The van der Waals surface area contributed by atoms with Gasteiger partial charge in [0, 0.05) is 29.8 Å². The third kappa shape index (κ3) is 9.44. The van der Waals surface area contributed by atoms with E-state index < -0.39 is 65.7 Å². The third-order valence-electron chi connectivity index (χ3n) is 13.0. The van der Waals surface area contributed by atoms with Crippen LogP contribution in [0.3, 0.4) is 0 Å². The third-order valence-corrected chi connectivity index (χ3v) is 13.0. The van der Waals surface area contributed by atoms with Gasteiger partial charge < -0.3 is 40.7 Å². The van der Waals surface area contributed by atoms with E-state index >= 15 is 0 Å². The van der Waals surface area contributed by atoms with Gasteiger partial charge in [0.2, 0.25) is 5.91 Å². The number of anilines is 2. The number of carbonyl (C=O) groups excluding carboxylic acids is 5. The second-order valence-electron chi connectivity index (χ2n) is 17.1. The van der Waals surface area contributed by atoms with Gasteiger partial charge in [-0.25, -0.2) is 14.4 Å². The summed E-state index contributed by atoms with van der Waals surface area (Å²) in [4.78, 5) is 96.9. The number of amides is 6. The van der Waals surface area contributed by atoms with E-state index in [9.17, 15) is 43.8 Å². The average molecular weight is 901 g/mol. The summed E-state index contributed by atoms with van der Waals surface area (Å²) in [7, 11) is 1.21. The van der Waals surface area contributed by atoms with Gasteiger partial charge in [-0.05, 0) is 83.3 Å². The zero-order chi connectivity index (χ0) is 47.1. The van der Waals surface area contributed by atoms with E-state index in [2.05, 4.69) is 29.8 Å². The van der Waals surface area contributed by atoms with Gasteiger partial charge in [-0.15, -0.1) is 0 Å². The predicted octanol–water partition coefficient (Wildman–Crippen LogP) is 7.98. The maximum Gasteiger partial charge on any atom is 0.413 e. The lowest BCUT2D eigenvalue weighted by Gasteiger charge is -2.37. The number of ketones is 1. The second-order valence-corrected chi connectivity index (χ2v) is 17.1. The van der Waals surface area contributed by atoms with E-state index in [4.69, 9.17) is 4.74 Å². The molecule has 0 bridgehead atoms. The smallest absolute Gasteiger partial charge is 0.413 e. The van der Waals surface area contributed by atoms with Gasteiger partial charge in [0.1, 0.15) is 24.3 Å². The standard InChI is InChI=1S/C50H56N6O10/c1-4-6-24-50(25-7-5-2)38-27-33(51-44(58)40-29-35(57)30-55(40)46(60)42(52-47(61)62)31-15-10-8-11-16-31)20-22-36(38)37-23-21-34(28-39(37)50)56(49(64)65)41-19-14-26-54(41)45(59)43(53-48(63)66-3)32-17-12-9-13-18-32/h8-13,15-18,20-23,27-28,40-43,52H,4-7,14,19,24-26,29-30H2,1-3H3,(H,51,58)(H,53,63)(H,61,62)(H,64,65)/t40?,41?,42-,43?/m1/s1. The van der Waals surface area contributed by atoms with Crippen molar-refractivity contribution in [3.63, 3.8) is 0 Å². The Morgan fingerprint density at radius 2 is 1.35 bits per heavy atom. The zero-order valence-electron chi connectivity index (χ0n) is 37.3. The minimum atomic E-state index is -1.43. The number of carboxylic acid groups (broad SMARTS) is 2. The number of ether oxygens (including phenoxy) is 1. The topological polar surface area (TPSA) is 215 Å². The monoisotopic (exact) mass is 900 g/mol. The first-order chi connectivity index (χ1) is 31.8. The normalized spacial score (nSPS) is 17.8. The van der Waals surface area contributed by atoms with Crippen LogP contribution in [-0.4, -0.2) is 94.2 Å². The Hall–Kier alpha value is -7.23. The van der Waals surface area contributed by atoms with Crippen LogP contribution in [0.5, 0.6) is 0 Å². The Bertz CT molecular complexity index is 2470.